The Kier molecular flexibility index (Phi) is 4.94. The minimum Gasteiger partial charge on any atom is -0.341 e. The summed E-state index contributed by atoms with van der Waals surface area (Å²) < 4.78 is 0. The lowest BCUT2D eigenvalue weighted by Crippen LogP contribution is -2.37. The molecular weight excluding hydrogens is 367 g/mol. The van der Waals surface area contributed by atoms with Crippen LogP contribution in [0.25, 0.3) is 0 Å². The number of rotatable bonds is 4. The Morgan fingerprint density at radius 3 is 2.65 bits per heavy atom. The van der Waals surface area contributed by atoms with E-state index in [1.165, 1.54) is 6.92 Å². The van der Waals surface area contributed by atoms with Gasteiger partial charge in [-0.3, -0.25) is 9.59 Å². The van der Waals surface area contributed by atoms with Crippen molar-refractivity contribution in [2.75, 3.05) is 16.8 Å². The van der Waals surface area contributed by atoms with Crippen molar-refractivity contribution < 1.29 is 9.59 Å². The predicted molar refractivity (Wildman–Crippen MR) is 83.8 cm³/mol. The maximum Gasteiger partial charge on any atom is 0.254 e. The summed E-state index contributed by atoms with van der Waals surface area (Å²) >= 11 is 15.7. The fraction of sp³-hybridized carbons (Fsp3) is 0.385. The molecule has 0 saturated carbocycles. The van der Waals surface area contributed by atoms with Gasteiger partial charge < -0.3 is 10.2 Å². The maximum absolute atomic E-state index is 12.5. The summed E-state index contributed by atoms with van der Waals surface area (Å²) in [6.07, 6.45) is 0.779. The third-order valence-corrected chi connectivity index (χ3v) is 4.24. The molecule has 1 N–H and O–H groups in total. The zero-order valence-electron chi connectivity index (χ0n) is 10.8. The molecule has 4 nitrogen and oxygen atoms in total. The van der Waals surface area contributed by atoms with Crippen LogP contribution in [0.5, 0.6) is 0 Å². The molecule has 2 amide bonds. The summed E-state index contributed by atoms with van der Waals surface area (Å²) in [5, 5.41) is 4.30. The van der Waals surface area contributed by atoms with Crippen LogP contribution < -0.4 is 10.2 Å². The number of nitrogens with one attached hydrogen (secondary N) is 1. The smallest absolute Gasteiger partial charge is 0.254 e. The second-order valence-corrected chi connectivity index (χ2v) is 6.06. The first-order valence-corrected chi connectivity index (χ1v) is 7.97. The van der Waals surface area contributed by atoms with E-state index >= 15 is 0 Å². The SMILES string of the molecule is CC(=O)N[C@H]1C(=O)N(CCCBr)c2c(Cl)ccc(Cl)c21. The third-order valence-electron chi connectivity index (χ3n) is 3.05. The van der Waals surface area contributed by atoms with E-state index < -0.39 is 6.04 Å². The second kappa shape index (κ2) is 6.33. The monoisotopic (exact) mass is 378 g/mol. The van der Waals surface area contributed by atoms with Crippen molar-refractivity contribution in [2.24, 2.45) is 0 Å². The molecule has 0 fully saturated rings. The molecule has 108 valence electrons. The molecule has 1 aliphatic heterocycles. The van der Waals surface area contributed by atoms with E-state index in [0.29, 0.717) is 27.8 Å². The molecule has 20 heavy (non-hydrogen) atoms. The molecule has 2 rings (SSSR count). The number of amides is 2. The molecule has 1 aliphatic rings. The van der Waals surface area contributed by atoms with E-state index in [0.717, 1.165) is 11.8 Å². The Balaban J connectivity index is 2.49. The number of halogens is 3. The number of nitrogens with zero attached hydrogens (tertiary/aromatic N) is 1. The largest absolute Gasteiger partial charge is 0.341 e. The molecule has 0 aromatic heterocycles. The molecule has 0 bridgehead atoms. The fourth-order valence-corrected chi connectivity index (χ4v) is 3.05. The van der Waals surface area contributed by atoms with Crippen molar-refractivity contribution in [1.82, 2.24) is 5.32 Å². The number of carbonyl (C=O) groups is 2. The van der Waals surface area contributed by atoms with Gasteiger partial charge in [-0.15, -0.1) is 0 Å². The highest BCUT2D eigenvalue weighted by Crippen LogP contribution is 2.44. The van der Waals surface area contributed by atoms with Gasteiger partial charge >= 0.3 is 0 Å². The number of fused-ring (bicyclic) bond motifs is 1. The van der Waals surface area contributed by atoms with Crippen molar-refractivity contribution >= 4 is 56.6 Å². The summed E-state index contributed by atoms with van der Waals surface area (Å²) in [7, 11) is 0. The van der Waals surface area contributed by atoms with Crippen molar-refractivity contribution in [3.8, 4) is 0 Å². The third kappa shape index (κ3) is 2.80. The van der Waals surface area contributed by atoms with Crippen LogP contribution >= 0.6 is 39.1 Å². The Morgan fingerprint density at radius 1 is 1.40 bits per heavy atom. The van der Waals surface area contributed by atoms with Crippen molar-refractivity contribution in [3.63, 3.8) is 0 Å². The number of benzene rings is 1. The molecule has 1 atom stereocenters. The van der Waals surface area contributed by atoms with Gasteiger partial charge in [-0.25, -0.2) is 0 Å². The molecule has 1 aromatic carbocycles. The summed E-state index contributed by atoms with van der Waals surface area (Å²) in [4.78, 5) is 25.4. The zero-order chi connectivity index (χ0) is 14.9. The highest BCUT2D eigenvalue weighted by atomic mass is 79.9. The predicted octanol–water partition coefficient (Wildman–Crippen LogP) is 3.30. The van der Waals surface area contributed by atoms with E-state index in [-0.39, 0.29) is 11.8 Å². The Bertz CT molecular complexity index is 566. The highest BCUT2D eigenvalue weighted by molar-refractivity contribution is 9.09. The first-order valence-electron chi connectivity index (χ1n) is 6.09. The van der Waals surface area contributed by atoms with Crippen LogP contribution in [0.3, 0.4) is 0 Å². The molecular formula is C13H13BrCl2N2O2. The fourth-order valence-electron chi connectivity index (χ4n) is 2.27. The molecule has 1 aromatic rings. The Morgan fingerprint density at radius 2 is 2.05 bits per heavy atom. The molecule has 0 spiro atoms. The topological polar surface area (TPSA) is 49.4 Å². The van der Waals surface area contributed by atoms with Crippen LogP contribution in [0.15, 0.2) is 12.1 Å². The number of hydrogen-bond acceptors (Lipinski definition) is 2. The molecule has 7 heteroatoms. The van der Waals surface area contributed by atoms with E-state index in [2.05, 4.69) is 21.2 Å². The van der Waals surface area contributed by atoms with Gasteiger partial charge in [-0.2, -0.15) is 0 Å². The second-order valence-electron chi connectivity index (χ2n) is 4.46. The van der Waals surface area contributed by atoms with Crippen LogP contribution in [0.2, 0.25) is 10.0 Å². The Labute approximate surface area is 135 Å². The van der Waals surface area contributed by atoms with Gasteiger partial charge in [-0.05, 0) is 18.6 Å². The van der Waals surface area contributed by atoms with E-state index in [4.69, 9.17) is 23.2 Å². The van der Waals surface area contributed by atoms with Crippen molar-refractivity contribution in [1.29, 1.82) is 0 Å². The van der Waals surface area contributed by atoms with Gasteiger partial charge in [0.05, 0.1) is 10.7 Å². The Hall–Kier alpha value is -0.780. The quantitative estimate of drug-likeness (QED) is 0.816. The lowest BCUT2D eigenvalue weighted by molar-refractivity contribution is -0.126. The van der Waals surface area contributed by atoms with Crippen molar-refractivity contribution in [2.45, 2.75) is 19.4 Å². The summed E-state index contributed by atoms with van der Waals surface area (Å²) in [5.74, 6) is -0.487. The summed E-state index contributed by atoms with van der Waals surface area (Å²) in [5.41, 5.74) is 1.18. The molecule has 0 unspecified atom stereocenters. The lowest BCUT2D eigenvalue weighted by Gasteiger charge is -2.18. The summed E-state index contributed by atoms with van der Waals surface area (Å²) in [6.45, 7) is 1.89. The molecule has 1 heterocycles. The van der Waals surface area contributed by atoms with Crippen LogP contribution in [0.1, 0.15) is 24.9 Å². The van der Waals surface area contributed by atoms with Gasteiger partial charge in [0.1, 0.15) is 6.04 Å². The first-order chi connectivity index (χ1) is 9.47. The molecule has 0 radical (unpaired) electrons. The van der Waals surface area contributed by atoms with E-state index in [1.54, 1.807) is 17.0 Å². The normalized spacial score (nSPS) is 17.3. The highest BCUT2D eigenvalue weighted by Gasteiger charge is 2.40. The number of carbonyl (C=O) groups excluding carboxylic acids is 2. The van der Waals surface area contributed by atoms with Gasteiger partial charge in [0.25, 0.3) is 5.91 Å². The standard InChI is InChI=1S/C13H13BrCl2N2O2/c1-7(19)17-11-10-8(15)3-4-9(16)12(10)18(13(11)20)6-2-5-14/h3-4,11H,2,5-6H2,1H3,(H,17,19)/t11-/m1/s1. The van der Waals surface area contributed by atoms with Crippen LogP contribution in [-0.2, 0) is 9.59 Å². The first kappa shape index (κ1) is 15.6. The number of anilines is 1. The van der Waals surface area contributed by atoms with Gasteiger partial charge in [0.15, 0.2) is 0 Å². The summed E-state index contributed by atoms with van der Waals surface area (Å²) in [6, 6.07) is 2.54. The van der Waals surface area contributed by atoms with Gasteiger partial charge in [0, 0.05) is 29.4 Å². The lowest BCUT2D eigenvalue weighted by atomic mass is 10.1. The minimum atomic E-state index is -0.760. The van der Waals surface area contributed by atoms with Crippen molar-refractivity contribution in [3.05, 3.63) is 27.7 Å². The van der Waals surface area contributed by atoms with Gasteiger partial charge in [0.2, 0.25) is 5.91 Å². The van der Waals surface area contributed by atoms with E-state index in [9.17, 15) is 9.59 Å². The van der Waals surface area contributed by atoms with E-state index in [1.807, 2.05) is 0 Å². The average molecular weight is 380 g/mol. The number of alkyl halides is 1. The average Bonchev–Trinajstić information content (AvgIpc) is 2.66. The number of hydrogen-bond donors (Lipinski definition) is 1. The minimum absolute atomic E-state index is 0.203. The van der Waals surface area contributed by atoms with Gasteiger partial charge in [-0.1, -0.05) is 39.1 Å². The zero-order valence-corrected chi connectivity index (χ0v) is 13.8. The maximum atomic E-state index is 12.5. The van der Waals surface area contributed by atoms with Crippen LogP contribution in [-0.4, -0.2) is 23.7 Å². The van der Waals surface area contributed by atoms with Crippen LogP contribution in [0.4, 0.5) is 5.69 Å². The van der Waals surface area contributed by atoms with Crippen LogP contribution in [0, 0.1) is 0 Å². The molecule has 0 aliphatic carbocycles. The molecule has 0 saturated heterocycles.